The van der Waals surface area contributed by atoms with Crippen LogP contribution in [0.2, 0.25) is 0 Å². The maximum absolute atomic E-state index is 13.7. The Bertz CT molecular complexity index is 708. The molecule has 0 aliphatic heterocycles. The van der Waals surface area contributed by atoms with Crippen LogP contribution in [0.1, 0.15) is 0 Å². The van der Waals surface area contributed by atoms with Crippen LogP contribution in [0.4, 0.5) is 10.2 Å². The van der Waals surface area contributed by atoms with Gasteiger partial charge in [-0.3, -0.25) is 0 Å². The zero-order valence-corrected chi connectivity index (χ0v) is 9.47. The highest BCUT2D eigenvalue weighted by Crippen LogP contribution is 2.28. The van der Waals surface area contributed by atoms with Gasteiger partial charge in [0.1, 0.15) is 11.6 Å². The van der Waals surface area contributed by atoms with Crippen molar-refractivity contribution in [3.63, 3.8) is 0 Å². The van der Waals surface area contributed by atoms with Crippen molar-refractivity contribution in [1.82, 2.24) is 10.2 Å². The summed E-state index contributed by atoms with van der Waals surface area (Å²) in [7, 11) is 0. The molecule has 4 heteroatoms. The second kappa shape index (κ2) is 4.07. The average molecular weight is 239 g/mol. The Hall–Kier alpha value is -2.49. The molecule has 2 N–H and O–H groups in total. The van der Waals surface area contributed by atoms with Gasteiger partial charge in [-0.2, -0.15) is 0 Å². The molecule has 0 fully saturated rings. The van der Waals surface area contributed by atoms with Gasteiger partial charge in [0.25, 0.3) is 0 Å². The molecule has 88 valence electrons. The number of anilines is 1. The van der Waals surface area contributed by atoms with E-state index in [0.717, 1.165) is 10.9 Å². The second-order valence-electron chi connectivity index (χ2n) is 3.98. The minimum Gasteiger partial charge on any atom is -0.382 e. The van der Waals surface area contributed by atoms with Crippen LogP contribution in [0.15, 0.2) is 48.5 Å². The topological polar surface area (TPSA) is 51.8 Å². The summed E-state index contributed by atoms with van der Waals surface area (Å²) in [4.78, 5) is 0. The van der Waals surface area contributed by atoms with Crippen LogP contribution in [0.5, 0.6) is 0 Å². The minimum absolute atomic E-state index is 0.238. The van der Waals surface area contributed by atoms with Crippen molar-refractivity contribution < 1.29 is 4.39 Å². The molecule has 3 aromatic rings. The number of hydrogen-bond donors (Lipinski definition) is 1. The largest absolute Gasteiger partial charge is 0.382 e. The molecule has 1 aromatic heterocycles. The van der Waals surface area contributed by atoms with Gasteiger partial charge < -0.3 is 5.73 Å². The molecule has 0 radical (unpaired) electrons. The van der Waals surface area contributed by atoms with Gasteiger partial charge in [0.2, 0.25) is 0 Å². The van der Waals surface area contributed by atoms with Gasteiger partial charge in [0.15, 0.2) is 0 Å². The predicted molar refractivity (Wildman–Crippen MR) is 69.3 cm³/mol. The van der Waals surface area contributed by atoms with Crippen LogP contribution in [-0.4, -0.2) is 10.2 Å². The highest BCUT2D eigenvalue weighted by atomic mass is 19.1. The Morgan fingerprint density at radius 2 is 1.61 bits per heavy atom. The number of nitrogens with zero attached hydrogens (tertiary/aromatic N) is 2. The van der Waals surface area contributed by atoms with E-state index in [1.54, 1.807) is 24.3 Å². The summed E-state index contributed by atoms with van der Waals surface area (Å²) in [6.45, 7) is 0. The standard InChI is InChI=1S/C14H10FN3/c15-12-6-5-11(9-3-1-2-4-10(9)12)13-7-8-14(16)18-17-13/h1-8H,(H2,16,18). The quantitative estimate of drug-likeness (QED) is 0.710. The van der Waals surface area contributed by atoms with Crippen molar-refractivity contribution in [1.29, 1.82) is 0 Å². The highest BCUT2D eigenvalue weighted by molar-refractivity contribution is 5.96. The lowest BCUT2D eigenvalue weighted by atomic mass is 10.0. The van der Waals surface area contributed by atoms with Gasteiger partial charge in [-0.25, -0.2) is 4.39 Å². The van der Waals surface area contributed by atoms with Crippen LogP contribution >= 0.6 is 0 Å². The molecule has 1 heterocycles. The number of benzene rings is 2. The van der Waals surface area contributed by atoms with Crippen LogP contribution in [0, 0.1) is 5.82 Å². The smallest absolute Gasteiger partial charge is 0.146 e. The fourth-order valence-electron chi connectivity index (χ4n) is 1.97. The third-order valence-corrected chi connectivity index (χ3v) is 2.83. The van der Waals surface area contributed by atoms with Gasteiger partial charge in [0.05, 0.1) is 5.69 Å². The summed E-state index contributed by atoms with van der Waals surface area (Å²) in [5, 5.41) is 9.24. The van der Waals surface area contributed by atoms with Crippen molar-refractivity contribution in [3.05, 3.63) is 54.3 Å². The molecule has 0 saturated carbocycles. The molecule has 0 amide bonds. The molecule has 3 rings (SSSR count). The fraction of sp³-hybridized carbons (Fsp3) is 0. The van der Waals surface area contributed by atoms with E-state index in [1.165, 1.54) is 6.07 Å². The van der Waals surface area contributed by atoms with E-state index in [2.05, 4.69) is 10.2 Å². The van der Waals surface area contributed by atoms with E-state index in [-0.39, 0.29) is 5.82 Å². The summed E-state index contributed by atoms with van der Waals surface area (Å²) in [5.41, 5.74) is 7.04. The van der Waals surface area contributed by atoms with Gasteiger partial charge >= 0.3 is 0 Å². The normalized spacial score (nSPS) is 10.7. The molecule has 3 nitrogen and oxygen atoms in total. The van der Waals surface area contributed by atoms with Gasteiger partial charge in [-0.15, -0.1) is 10.2 Å². The zero-order chi connectivity index (χ0) is 12.5. The van der Waals surface area contributed by atoms with E-state index < -0.39 is 0 Å². The molecule has 0 aliphatic rings. The van der Waals surface area contributed by atoms with Gasteiger partial charge in [-0.05, 0) is 29.7 Å². The second-order valence-corrected chi connectivity index (χ2v) is 3.98. The Labute approximate surface area is 103 Å². The van der Waals surface area contributed by atoms with Crippen LogP contribution in [0.25, 0.3) is 22.0 Å². The summed E-state index contributed by atoms with van der Waals surface area (Å²) in [6, 6.07) is 13.9. The minimum atomic E-state index is -0.238. The van der Waals surface area contributed by atoms with E-state index >= 15 is 0 Å². The van der Waals surface area contributed by atoms with Crippen LogP contribution in [0.3, 0.4) is 0 Å². The van der Waals surface area contributed by atoms with Gasteiger partial charge in [-0.1, -0.05) is 24.3 Å². The molecule has 0 aliphatic carbocycles. The molecule has 0 unspecified atom stereocenters. The third-order valence-electron chi connectivity index (χ3n) is 2.83. The van der Waals surface area contributed by atoms with Crippen molar-refractivity contribution in [2.75, 3.05) is 5.73 Å². The van der Waals surface area contributed by atoms with E-state index in [4.69, 9.17) is 5.73 Å². The van der Waals surface area contributed by atoms with E-state index in [0.29, 0.717) is 16.9 Å². The molecular weight excluding hydrogens is 229 g/mol. The molecule has 0 atom stereocenters. The summed E-state index contributed by atoms with van der Waals surface area (Å²) < 4.78 is 13.7. The van der Waals surface area contributed by atoms with Crippen molar-refractivity contribution in [2.45, 2.75) is 0 Å². The molecule has 0 saturated heterocycles. The maximum atomic E-state index is 13.7. The molecule has 2 aromatic carbocycles. The monoisotopic (exact) mass is 239 g/mol. The van der Waals surface area contributed by atoms with Crippen molar-refractivity contribution >= 4 is 16.6 Å². The molecular formula is C14H10FN3. The van der Waals surface area contributed by atoms with Crippen molar-refractivity contribution in [3.8, 4) is 11.3 Å². The highest BCUT2D eigenvalue weighted by Gasteiger charge is 2.08. The number of aromatic nitrogens is 2. The number of halogens is 1. The number of fused-ring (bicyclic) bond motifs is 1. The Morgan fingerprint density at radius 1 is 0.833 bits per heavy atom. The molecule has 0 bridgehead atoms. The number of nitrogen functional groups attached to an aromatic ring is 1. The molecule has 18 heavy (non-hydrogen) atoms. The zero-order valence-electron chi connectivity index (χ0n) is 9.47. The van der Waals surface area contributed by atoms with E-state index in [1.807, 2.05) is 18.2 Å². The average Bonchev–Trinajstić information content (AvgIpc) is 2.41. The first-order valence-corrected chi connectivity index (χ1v) is 5.52. The van der Waals surface area contributed by atoms with Crippen LogP contribution in [-0.2, 0) is 0 Å². The summed E-state index contributed by atoms with van der Waals surface area (Å²) >= 11 is 0. The first-order valence-electron chi connectivity index (χ1n) is 5.52. The number of nitrogens with two attached hydrogens (primary N) is 1. The Balaban J connectivity index is 2.30. The third kappa shape index (κ3) is 1.68. The first kappa shape index (κ1) is 10.7. The molecule has 0 spiro atoms. The van der Waals surface area contributed by atoms with Gasteiger partial charge in [0, 0.05) is 10.9 Å². The summed E-state index contributed by atoms with van der Waals surface area (Å²) in [5.74, 6) is 0.128. The fourth-order valence-corrected chi connectivity index (χ4v) is 1.97. The first-order chi connectivity index (χ1) is 8.75. The van der Waals surface area contributed by atoms with Crippen LogP contribution < -0.4 is 5.73 Å². The SMILES string of the molecule is Nc1ccc(-c2ccc(F)c3ccccc23)nn1. The number of rotatable bonds is 1. The maximum Gasteiger partial charge on any atom is 0.146 e. The van der Waals surface area contributed by atoms with Crippen molar-refractivity contribution in [2.24, 2.45) is 0 Å². The van der Waals surface area contributed by atoms with E-state index in [9.17, 15) is 4.39 Å². The Morgan fingerprint density at radius 3 is 2.33 bits per heavy atom. The summed E-state index contributed by atoms with van der Waals surface area (Å²) in [6.07, 6.45) is 0. The number of hydrogen-bond acceptors (Lipinski definition) is 3. The predicted octanol–water partition coefficient (Wildman–Crippen LogP) is 3.02. The lowest BCUT2D eigenvalue weighted by molar-refractivity contribution is 0.640. The lowest BCUT2D eigenvalue weighted by Crippen LogP contribution is -1.94. The lowest BCUT2D eigenvalue weighted by Gasteiger charge is -2.06. The Kier molecular flexibility index (Phi) is 2.41.